The lowest BCUT2D eigenvalue weighted by Crippen LogP contribution is -2.37. The van der Waals surface area contributed by atoms with Gasteiger partial charge in [-0.1, -0.05) is 24.3 Å². The average molecular weight is 341 g/mol. The number of carbonyl (C=O) groups is 1. The molecule has 0 aliphatic rings. The van der Waals surface area contributed by atoms with Gasteiger partial charge in [0.05, 0.1) is 7.11 Å². The average Bonchev–Trinajstić information content (AvgIpc) is 2.57. The summed E-state index contributed by atoms with van der Waals surface area (Å²) in [5.41, 5.74) is 3.40. The number of ether oxygens (including phenoxy) is 2. The van der Waals surface area contributed by atoms with Crippen molar-refractivity contribution < 1.29 is 14.3 Å². The van der Waals surface area contributed by atoms with Crippen molar-refractivity contribution in [1.29, 1.82) is 0 Å². The van der Waals surface area contributed by atoms with Gasteiger partial charge >= 0.3 is 0 Å². The molecule has 134 valence electrons. The highest BCUT2D eigenvalue weighted by Crippen LogP contribution is 2.19. The number of aryl methyl sites for hydroxylation is 3. The minimum absolute atomic E-state index is 0.0980. The summed E-state index contributed by atoms with van der Waals surface area (Å²) < 4.78 is 11.1. The Morgan fingerprint density at radius 1 is 1.12 bits per heavy atom. The fraction of sp³-hybridized carbons (Fsp3) is 0.381. The molecule has 1 unspecified atom stereocenters. The van der Waals surface area contributed by atoms with Crippen molar-refractivity contribution >= 4 is 5.91 Å². The molecule has 0 radical (unpaired) electrons. The largest absolute Gasteiger partial charge is 0.496 e. The van der Waals surface area contributed by atoms with Crippen molar-refractivity contribution in [3.8, 4) is 11.5 Å². The zero-order chi connectivity index (χ0) is 18.2. The molecule has 2 aromatic carbocycles. The minimum atomic E-state index is -0.521. The quantitative estimate of drug-likeness (QED) is 0.742. The third kappa shape index (κ3) is 5.82. The lowest BCUT2D eigenvalue weighted by molar-refractivity contribution is -0.127. The molecule has 0 aromatic heterocycles. The third-order valence-electron chi connectivity index (χ3n) is 3.99. The lowest BCUT2D eigenvalue weighted by Gasteiger charge is -2.16. The Bertz CT molecular complexity index is 692. The summed E-state index contributed by atoms with van der Waals surface area (Å²) in [5.74, 6) is 1.52. The molecule has 4 nitrogen and oxygen atoms in total. The Hall–Kier alpha value is -2.49. The van der Waals surface area contributed by atoms with Crippen LogP contribution in [0.4, 0.5) is 0 Å². The van der Waals surface area contributed by atoms with Gasteiger partial charge in [0.2, 0.25) is 0 Å². The summed E-state index contributed by atoms with van der Waals surface area (Å²) >= 11 is 0. The SMILES string of the molecule is COc1ccccc1CCCNC(=O)C(C)Oc1cc(C)cc(C)c1. The van der Waals surface area contributed by atoms with E-state index in [9.17, 15) is 4.79 Å². The van der Waals surface area contributed by atoms with Gasteiger partial charge in [-0.3, -0.25) is 4.79 Å². The topological polar surface area (TPSA) is 47.6 Å². The van der Waals surface area contributed by atoms with Crippen LogP contribution in [0.3, 0.4) is 0 Å². The molecule has 0 aliphatic carbocycles. The van der Waals surface area contributed by atoms with Crippen LogP contribution in [0.5, 0.6) is 11.5 Å². The number of amides is 1. The summed E-state index contributed by atoms with van der Waals surface area (Å²) in [6, 6.07) is 13.9. The second-order valence-corrected chi connectivity index (χ2v) is 6.29. The number of carbonyl (C=O) groups excluding carboxylic acids is 1. The molecule has 0 spiro atoms. The van der Waals surface area contributed by atoms with Gasteiger partial charge in [0.1, 0.15) is 11.5 Å². The first-order valence-electron chi connectivity index (χ1n) is 8.64. The molecule has 1 N–H and O–H groups in total. The number of hydrogen-bond donors (Lipinski definition) is 1. The van der Waals surface area contributed by atoms with Crippen LogP contribution in [-0.4, -0.2) is 25.7 Å². The molecule has 0 saturated carbocycles. The van der Waals surface area contributed by atoms with Crippen molar-refractivity contribution in [1.82, 2.24) is 5.32 Å². The molecule has 2 aromatic rings. The van der Waals surface area contributed by atoms with Crippen LogP contribution in [0.1, 0.15) is 30.0 Å². The Balaban J connectivity index is 1.77. The molecule has 4 heteroatoms. The van der Waals surface area contributed by atoms with Crippen molar-refractivity contribution in [2.24, 2.45) is 0 Å². The van der Waals surface area contributed by atoms with Crippen LogP contribution < -0.4 is 14.8 Å². The molecule has 0 heterocycles. The van der Waals surface area contributed by atoms with Crippen LogP contribution in [0.25, 0.3) is 0 Å². The molecular weight excluding hydrogens is 314 g/mol. The van der Waals surface area contributed by atoms with E-state index in [4.69, 9.17) is 9.47 Å². The molecule has 0 bridgehead atoms. The summed E-state index contributed by atoms with van der Waals surface area (Å²) in [5, 5.41) is 2.93. The molecule has 1 atom stereocenters. The molecule has 2 rings (SSSR count). The lowest BCUT2D eigenvalue weighted by atomic mass is 10.1. The Kier molecular flexibility index (Phi) is 6.87. The summed E-state index contributed by atoms with van der Waals surface area (Å²) in [6.45, 7) is 6.41. The zero-order valence-corrected chi connectivity index (χ0v) is 15.5. The second-order valence-electron chi connectivity index (χ2n) is 6.29. The van der Waals surface area contributed by atoms with E-state index in [1.165, 1.54) is 0 Å². The van der Waals surface area contributed by atoms with Crippen molar-refractivity contribution in [2.75, 3.05) is 13.7 Å². The normalized spacial score (nSPS) is 11.7. The van der Waals surface area contributed by atoms with Gasteiger partial charge in [-0.25, -0.2) is 0 Å². The predicted molar refractivity (Wildman–Crippen MR) is 100 cm³/mol. The van der Waals surface area contributed by atoms with Crippen LogP contribution in [0.2, 0.25) is 0 Å². The maximum absolute atomic E-state index is 12.2. The van der Waals surface area contributed by atoms with Crippen molar-refractivity contribution in [3.05, 3.63) is 59.2 Å². The van der Waals surface area contributed by atoms with E-state index in [1.54, 1.807) is 14.0 Å². The van der Waals surface area contributed by atoms with Crippen LogP contribution in [-0.2, 0) is 11.2 Å². The van der Waals surface area contributed by atoms with Crippen LogP contribution >= 0.6 is 0 Å². The Labute approximate surface area is 150 Å². The van der Waals surface area contributed by atoms with Crippen LogP contribution in [0.15, 0.2) is 42.5 Å². The summed E-state index contributed by atoms with van der Waals surface area (Å²) in [4.78, 5) is 12.2. The van der Waals surface area contributed by atoms with Gasteiger partial charge < -0.3 is 14.8 Å². The Morgan fingerprint density at radius 3 is 2.48 bits per heavy atom. The van der Waals surface area contributed by atoms with E-state index in [0.29, 0.717) is 6.54 Å². The molecule has 0 aliphatic heterocycles. The first-order chi connectivity index (χ1) is 12.0. The fourth-order valence-corrected chi connectivity index (χ4v) is 2.80. The predicted octanol–water partition coefficient (Wildman–Crippen LogP) is 3.83. The van der Waals surface area contributed by atoms with Crippen molar-refractivity contribution in [3.63, 3.8) is 0 Å². The van der Waals surface area contributed by atoms with Gasteiger partial charge in [0.15, 0.2) is 6.10 Å². The Morgan fingerprint density at radius 2 is 1.80 bits per heavy atom. The second kappa shape index (κ2) is 9.11. The molecular formula is C21H27NO3. The highest BCUT2D eigenvalue weighted by atomic mass is 16.5. The molecule has 25 heavy (non-hydrogen) atoms. The number of methoxy groups -OCH3 is 1. The van der Waals surface area contributed by atoms with E-state index in [1.807, 2.05) is 50.2 Å². The smallest absolute Gasteiger partial charge is 0.260 e. The minimum Gasteiger partial charge on any atom is -0.496 e. The van der Waals surface area contributed by atoms with E-state index >= 15 is 0 Å². The number of nitrogens with one attached hydrogen (secondary N) is 1. The maximum atomic E-state index is 12.2. The first-order valence-corrected chi connectivity index (χ1v) is 8.64. The monoisotopic (exact) mass is 341 g/mol. The van der Waals surface area contributed by atoms with Gasteiger partial charge in [0.25, 0.3) is 5.91 Å². The maximum Gasteiger partial charge on any atom is 0.260 e. The molecule has 1 amide bonds. The van der Waals surface area contributed by atoms with Gasteiger partial charge in [-0.2, -0.15) is 0 Å². The number of para-hydroxylation sites is 1. The van der Waals surface area contributed by atoms with E-state index in [0.717, 1.165) is 41.0 Å². The standard InChI is InChI=1S/C21H27NO3/c1-15-12-16(2)14-19(13-15)25-17(3)21(23)22-11-7-9-18-8-5-6-10-20(18)24-4/h5-6,8,10,12-14,17H,7,9,11H2,1-4H3,(H,22,23). The fourth-order valence-electron chi connectivity index (χ4n) is 2.80. The van der Waals surface area contributed by atoms with Gasteiger partial charge in [-0.05, 0) is 68.5 Å². The van der Waals surface area contributed by atoms with E-state index < -0.39 is 6.10 Å². The number of benzene rings is 2. The highest BCUT2D eigenvalue weighted by molar-refractivity contribution is 5.80. The molecule has 0 saturated heterocycles. The van der Waals surface area contributed by atoms with Crippen molar-refractivity contribution in [2.45, 2.75) is 39.7 Å². The zero-order valence-electron chi connectivity index (χ0n) is 15.5. The highest BCUT2D eigenvalue weighted by Gasteiger charge is 2.14. The van der Waals surface area contributed by atoms with Gasteiger partial charge in [-0.15, -0.1) is 0 Å². The number of rotatable bonds is 8. The summed E-state index contributed by atoms with van der Waals surface area (Å²) in [6.07, 6.45) is 1.19. The third-order valence-corrected chi connectivity index (χ3v) is 3.99. The van der Waals surface area contributed by atoms with E-state index in [-0.39, 0.29) is 5.91 Å². The van der Waals surface area contributed by atoms with Gasteiger partial charge in [0, 0.05) is 6.54 Å². The van der Waals surface area contributed by atoms with Crippen LogP contribution in [0, 0.1) is 13.8 Å². The first kappa shape index (κ1) is 18.8. The van der Waals surface area contributed by atoms with E-state index in [2.05, 4.69) is 11.4 Å². The molecule has 0 fully saturated rings. The number of hydrogen-bond acceptors (Lipinski definition) is 3. The summed E-state index contributed by atoms with van der Waals surface area (Å²) in [7, 11) is 1.67.